The first-order valence-corrected chi connectivity index (χ1v) is 9.39. The van der Waals surface area contributed by atoms with Crippen LogP contribution in [0.1, 0.15) is 28.1 Å². The number of halogens is 1. The van der Waals surface area contributed by atoms with E-state index in [-0.39, 0.29) is 24.0 Å². The number of aromatic nitrogens is 2. The Hall–Kier alpha value is -1.42. The third kappa shape index (κ3) is 6.71. The lowest BCUT2D eigenvalue weighted by molar-refractivity contribution is 0.794. The second-order valence-corrected chi connectivity index (χ2v) is 7.29. The Morgan fingerprint density at radius 2 is 2.04 bits per heavy atom. The van der Waals surface area contributed by atoms with Crippen molar-refractivity contribution in [3.63, 3.8) is 0 Å². The van der Waals surface area contributed by atoms with Gasteiger partial charge < -0.3 is 15.5 Å². The van der Waals surface area contributed by atoms with E-state index in [1.165, 1.54) is 9.88 Å². The maximum absolute atomic E-state index is 4.69. The first-order chi connectivity index (χ1) is 12.0. The lowest BCUT2D eigenvalue weighted by atomic mass is 10.2. The Balaban J connectivity index is 0.00000338. The molecule has 0 aliphatic rings. The smallest absolute Gasteiger partial charge is 0.191 e. The number of rotatable bonds is 7. The van der Waals surface area contributed by atoms with Gasteiger partial charge in [0.15, 0.2) is 5.96 Å². The number of nitrogens with zero attached hydrogens (tertiary/aromatic N) is 4. The van der Waals surface area contributed by atoms with Crippen LogP contribution in [0.25, 0.3) is 0 Å². The third-order valence-corrected chi connectivity index (χ3v) is 4.88. The molecule has 0 bridgehead atoms. The quantitative estimate of drug-likeness (QED) is 0.356. The minimum absolute atomic E-state index is 0. The molecule has 2 heterocycles. The molecule has 0 fully saturated rings. The van der Waals surface area contributed by atoms with Crippen LogP contribution in [0.15, 0.2) is 23.3 Å². The first-order valence-electron chi connectivity index (χ1n) is 8.57. The van der Waals surface area contributed by atoms with Crippen molar-refractivity contribution in [1.82, 2.24) is 20.6 Å². The fourth-order valence-electron chi connectivity index (χ4n) is 2.40. The summed E-state index contributed by atoms with van der Waals surface area (Å²) >= 11 is 1.77. The Morgan fingerprint density at radius 3 is 2.65 bits per heavy atom. The molecular weight excluding hydrogens is 459 g/mol. The van der Waals surface area contributed by atoms with Crippen molar-refractivity contribution in [2.75, 3.05) is 32.1 Å². The van der Waals surface area contributed by atoms with Crippen LogP contribution in [-0.4, -0.2) is 43.1 Å². The number of hydrogen-bond acceptors (Lipinski definition) is 5. The summed E-state index contributed by atoms with van der Waals surface area (Å²) in [7, 11) is 3.99. The molecule has 2 rings (SSSR count). The average Bonchev–Trinajstić information content (AvgIpc) is 2.90. The standard InChI is InChI=1S/C18H28N6S.HI/c1-6-19-18(21-11-9-16-23-13(2)14(3)25-16)22-12-15-8-7-10-20-17(15)24(4)5;/h7-8,10H,6,9,11-12H2,1-5H3,(H2,19,21,22);1H. The summed E-state index contributed by atoms with van der Waals surface area (Å²) in [4.78, 5) is 17.0. The van der Waals surface area contributed by atoms with Crippen LogP contribution in [0, 0.1) is 13.8 Å². The van der Waals surface area contributed by atoms with Crippen molar-refractivity contribution in [1.29, 1.82) is 0 Å². The average molecular weight is 488 g/mol. The highest BCUT2D eigenvalue weighted by atomic mass is 127. The molecule has 0 atom stereocenters. The summed E-state index contributed by atoms with van der Waals surface area (Å²) in [6.07, 6.45) is 2.71. The fraction of sp³-hybridized carbons (Fsp3) is 0.500. The molecule has 2 aromatic rings. The van der Waals surface area contributed by atoms with Crippen LogP contribution < -0.4 is 15.5 Å². The molecule has 6 nitrogen and oxygen atoms in total. The number of anilines is 1. The first kappa shape index (κ1) is 22.6. The fourth-order valence-corrected chi connectivity index (χ4v) is 3.33. The van der Waals surface area contributed by atoms with Crippen molar-refractivity contribution >= 4 is 47.1 Å². The highest BCUT2D eigenvalue weighted by Gasteiger charge is 2.06. The van der Waals surface area contributed by atoms with Crippen molar-refractivity contribution in [3.8, 4) is 0 Å². The summed E-state index contributed by atoms with van der Waals surface area (Å²) < 4.78 is 0. The molecule has 0 saturated carbocycles. The Labute approximate surface area is 177 Å². The maximum Gasteiger partial charge on any atom is 0.191 e. The van der Waals surface area contributed by atoms with Gasteiger partial charge in [-0.25, -0.2) is 15.0 Å². The van der Waals surface area contributed by atoms with Crippen LogP contribution >= 0.6 is 35.3 Å². The molecule has 144 valence electrons. The predicted octanol–water partition coefficient (Wildman–Crippen LogP) is 3.14. The molecular formula is C18H29IN6S. The molecule has 0 aliphatic heterocycles. The number of aryl methyl sites for hydroxylation is 2. The predicted molar refractivity (Wildman–Crippen MR) is 122 cm³/mol. The largest absolute Gasteiger partial charge is 0.362 e. The SMILES string of the molecule is CCNC(=NCc1cccnc1N(C)C)NCCc1nc(C)c(C)s1.I. The number of guanidine groups is 1. The number of nitrogens with one attached hydrogen (secondary N) is 2. The molecule has 26 heavy (non-hydrogen) atoms. The summed E-state index contributed by atoms with van der Waals surface area (Å²) in [6, 6.07) is 4.02. The zero-order chi connectivity index (χ0) is 18.2. The molecule has 0 radical (unpaired) electrons. The molecule has 0 saturated heterocycles. The molecule has 8 heteroatoms. The maximum atomic E-state index is 4.69. The molecule has 0 spiro atoms. The van der Waals surface area contributed by atoms with E-state index < -0.39 is 0 Å². The summed E-state index contributed by atoms with van der Waals surface area (Å²) in [6.45, 7) is 8.48. The molecule has 2 aromatic heterocycles. The Morgan fingerprint density at radius 1 is 1.27 bits per heavy atom. The summed E-state index contributed by atoms with van der Waals surface area (Å²) in [5, 5.41) is 7.85. The van der Waals surface area contributed by atoms with Gasteiger partial charge in [0.25, 0.3) is 0 Å². The van der Waals surface area contributed by atoms with E-state index in [1.807, 2.05) is 31.3 Å². The zero-order valence-corrected chi connectivity index (χ0v) is 19.3. The van der Waals surface area contributed by atoms with Crippen LogP contribution in [0.2, 0.25) is 0 Å². The van der Waals surface area contributed by atoms with E-state index in [0.717, 1.165) is 42.5 Å². The van der Waals surface area contributed by atoms with Gasteiger partial charge >= 0.3 is 0 Å². The minimum atomic E-state index is 0. The van der Waals surface area contributed by atoms with Crippen LogP contribution in [-0.2, 0) is 13.0 Å². The normalized spacial score (nSPS) is 11.0. The van der Waals surface area contributed by atoms with Gasteiger partial charge in [-0.1, -0.05) is 6.07 Å². The van der Waals surface area contributed by atoms with Crippen molar-refractivity contribution in [3.05, 3.63) is 39.5 Å². The highest BCUT2D eigenvalue weighted by molar-refractivity contribution is 14.0. The monoisotopic (exact) mass is 488 g/mol. The van der Waals surface area contributed by atoms with E-state index in [2.05, 4.69) is 47.4 Å². The van der Waals surface area contributed by atoms with Crippen LogP contribution in [0.3, 0.4) is 0 Å². The van der Waals surface area contributed by atoms with Gasteiger partial charge in [-0.05, 0) is 26.8 Å². The molecule has 0 aliphatic carbocycles. The molecule has 0 unspecified atom stereocenters. The second-order valence-electron chi connectivity index (χ2n) is 6.00. The second kappa shape index (κ2) is 11.3. The van der Waals surface area contributed by atoms with E-state index in [4.69, 9.17) is 4.99 Å². The lowest BCUT2D eigenvalue weighted by Crippen LogP contribution is -2.38. The van der Waals surface area contributed by atoms with Crippen molar-refractivity contribution < 1.29 is 0 Å². The van der Waals surface area contributed by atoms with Gasteiger partial charge in [-0.3, -0.25) is 0 Å². The van der Waals surface area contributed by atoms with E-state index in [9.17, 15) is 0 Å². The topological polar surface area (TPSA) is 65.4 Å². The molecule has 0 aromatic carbocycles. The van der Waals surface area contributed by atoms with Crippen molar-refractivity contribution in [2.24, 2.45) is 4.99 Å². The van der Waals surface area contributed by atoms with E-state index in [1.54, 1.807) is 11.3 Å². The van der Waals surface area contributed by atoms with Gasteiger partial charge in [0, 0.05) is 50.2 Å². The number of aliphatic imine (C=N–C) groups is 1. The van der Waals surface area contributed by atoms with Crippen molar-refractivity contribution in [2.45, 2.75) is 33.7 Å². The third-order valence-electron chi connectivity index (χ3n) is 3.75. The number of pyridine rings is 1. The van der Waals surface area contributed by atoms with Crippen LogP contribution in [0.4, 0.5) is 5.82 Å². The Bertz CT molecular complexity index is 694. The van der Waals surface area contributed by atoms with Gasteiger partial charge in [-0.15, -0.1) is 35.3 Å². The zero-order valence-electron chi connectivity index (χ0n) is 16.2. The molecule has 0 amide bonds. The Kier molecular flexibility index (Phi) is 9.85. The van der Waals surface area contributed by atoms with Gasteiger partial charge in [0.05, 0.1) is 17.2 Å². The van der Waals surface area contributed by atoms with E-state index in [0.29, 0.717) is 6.54 Å². The van der Waals surface area contributed by atoms with Gasteiger partial charge in [0.1, 0.15) is 5.82 Å². The molecule has 2 N–H and O–H groups in total. The van der Waals surface area contributed by atoms with Gasteiger partial charge in [-0.2, -0.15) is 0 Å². The van der Waals surface area contributed by atoms with Crippen LogP contribution in [0.5, 0.6) is 0 Å². The number of hydrogen-bond donors (Lipinski definition) is 2. The van der Waals surface area contributed by atoms with Gasteiger partial charge in [0.2, 0.25) is 0 Å². The lowest BCUT2D eigenvalue weighted by Gasteiger charge is -2.15. The number of thiazole rings is 1. The minimum Gasteiger partial charge on any atom is -0.362 e. The summed E-state index contributed by atoms with van der Waals surface area (Å²) in [5.74, 6) is 1.77. The highest BCUT2D eigenvalue weighted by Crippen LogP contribution is 2.17. The van der Waals surface area contributed by atoms with E-state index >= 15 is 0 Å². The summed E-state index contributed by atoms with van der Waals surface area (Å²) in [5.41, 5.74) is 2.24.